The number of benzene rings is 2. The lowest BCUT2D eigenvalue weighted by atomic mass is 10.1. The molecule has 0 unspecified atom stereocenters. The number of hydrogen-bond acceptors (Lipinski definition) is 10. The van der Waals surface area contributed by atoms with Gasteiger partial charge in [0.05, 0.1) is 22.9 Å². The van der Waals surface area contributed by atoms with Crippen LogP contribution < -0.4 is 15.4 Å². The second-order valence-corrected chi connectivity index (χ2v) is 11.5. The molecule has 230 valence electrons. The number of alkyl halides is 5. The highest BCUT2D eigenvalue weighted by Crippen LogP contribution is 2.32. The third-order valence-corrected chi connectivity index (χ3v) is 7.39. The Morgan fingerprint density at radius 3 is 2.39 bits per heavy atom. The SMILES string of the molecule is C[C@@H](Nc1nc(NCC(F)(F)F)c2nc(-c3ccc(OC(F)F)c(S(C)(=O)=O)c3)ccc2n1)c1ccc(-n2cncn2)cc1. The molecule has 0 aliphatic carbocycles. The summed E-state index contributed by atoms with van der Waals surface area (Å²) in [6.45, 7) is -2.85. The first-order chi connectivity index (χ1) is 20.8. The highest BCUT2D eigenvalue weighted by atomic mass is 32.2. The van der Waals surface area contributed by atoms with Gasteiger partial charge < -0.3 is 15.4 Å². The van der Waals surface area contributed by atoms with Gasteiger partial charge in [0.25, 0.3) is 0 Å². The van der Waals surface area contributed by atoms with Crippen LogP contribution >= 0.6 is 0 Å². The molecule has 3 aromatic heterocycles. The molecule has 0 spiro atoms. The van der Waals surface area contributed by atoms with Gasteiger partial charge in [-0.05, 0) is 55.0 Å². The van der Waals surface area contributed by atoms with Crippen molar-refractivity contribution in [3.63, 3.8) is 0 Å². The maximum Gasteiger partial charge on any atom is 0.405 e. The molecule has 0 radical (unpaired) electrons. The fourth-order valence-corrected chi connectivity index (χ4v) is 5.05. The molecular weight excluding hydrogens is 611 g/mol. The lowest BCUT2D eigenvalue weighted by Gasteiger charge is -2.17. The predicted molar refractivity (Wildman–Crippen MR) is 150 cm³/mol. The topological polar surface area (TPSA) is 137 Å². The number of rotatable bonds is 10. The lowest BCUT2D eigenvalue weighted by molar-refractivity contribution is -0.115. The van der Waals surface area contributed by atoms with E-state index in [9.17, 15) is 30.4 Å². The molecule has 5 aromatic rings. The summed E-state index contributed by atoms with van der Waals surface area (Å²) in [6, 6.07) is 13.4. The zero-order chi connectivity index (χ0) is 31.6. The Bertz CT molecular complexity index is 1890. The average Bonchev–Trinajstić information content (AvgIpc) is 3.50. The highest BCUT2D eigenvalue weighted by Gasteiger charge is 2.28. The first-order valence-corrected chi connectivity index (χ1v) is 14.7. The fraction of sp³-hybridized carbons (Fsp3) is 0.222. The van der Waals surface area contributed by atoms with Gasteiger partial charge in [-0.3, -0.25) is 0 Å². The van der Waals surface area contributed by atoms with E-state index in [-0.39, 0.29) is 40.1 Å². The molecule has 2 aromatic carbocycles. The minimum Gasteiger partial charge on any atom is -0.433 e. The van der Waals surface area contributed by atoms with Crippen LogP contribution in [0.1, 0.15) is 18.5 Å². The zero-order valence-corrected chi connectivity index (χ0v) is 23.7. The number of ether oxygens (including phenoxy) is 1. The number of sulfone groups is 1. The van der Waals surface area contributed by atoms with Crippen LogP contribution in [-0.4, -0.2) is 63.7 Å². The molecule has 5 rings (SSSR count). The van der Waals surface area contributed by atoms with Gasteiger partial charge in [0.2, 0.25) is 5.95 Å². The summed E-state index contributed by atoms with van der Waals surface area (Å²) in [4.78, 5) is 16.5. The number of fused-ring (bicyclic) bond motifs is 1. The molecular formula is C27H23F5N8O3S. The van der Waals surface area contributed by atoms with Crippen molar-refractivity contribution in [1.82, 2.24) is 29.7 Å². The van der Waals surface area contributed by atoms with Crippen LogP contribution in [0.5, 0.6) is 5.75 Å². The first kappa shape index (κ1) is 30.5. The largest absolute Gasteiger partial charge is 0.433 e. The number of aromatic nitrogens is 6. The van der Waals surface area contributed by atoms with E-state index in [0.717, 1.165) is 29.6 Å². The normalized spacial score (nSPS) is 12.8. The molecule has 0 aliphatic rings. The summed E-state index contributed by atoms with van der Waals surface area (Å²) >= 11 is 0. The van der Waals surface area contributed by atoms with Gasteiger partial charge in [0, 0.05) is 11.8 Å². The quantitative estimate of drug-likeness (QED) is 0.192. The molecule has 2 N–H and O–H groups in total. The van der Waals surface area contributed by atoms with Crippen LogP contribution in [0.4, 0.5) is 33.7 Å². The van der Waals surface area contributed by atoms with Gasteiger partial charge in [-0.25, -0.2) is 28.1 Å². The zero-order valence-electron chi connectivity index (χ0n) is 22.9. The summed E-state index contributed by atoms with van der Waals surface area (Å²) in [6.07, 6.45) is -0.791. The average molecular weight is 635 g/mol. The van der Waals surface area contributed by atoms with Crippen molar-refractivity contribution in [2.45, 2.75) is 30.6 Å². The Kier molecular flexibility index (Phi) is 8.31. The smallest absolute Gasteiger partial charge is 0.405 e. The van der Waals surface area contributed by atoms with Crippen molar-refractivity contribution in [3.8, 4) is 22.7 Å². The second kappa shape index (κ2) is 12.0. The van der Waals surface area contributed by atoms with E-state index in [0.29, 0.717) is 0 Å². The Hall–Kier alpha value is -4.93. The maximum absolute atomic E-state index is 13.2. The molecule has 0 saturated heterocycles. The summed E-state index contributed by atoms with van der Waals surface area (Å²) in [5, 5.41) is 9.42. The van der Waals surface area contributed by atoms with Crippen molar-refractivity contribution < 1.29 is 35.1 Å². The summed E-state index contributed by atoms with van der Waals surface area (Å²) in [5.41, 5.74) is 2.08. The standard InChI is InChI=1S/C27H23F5N8O3S/c1-15(16-3-6-18(7-4-16)40-14-33-13-35-40)36-26-38-20-9-8-19(37-23(20)24(39-26)34-12-27(30,31)32)17-5-10-21(43-25(28)29)22(11-17)44(2,41)42/h3-11,13-15,25H,12H2,1-2H3,(H2,34,36,38,39)/t15-/m1/s1. The van der Waals surface area contributed by atoms with Gasteiger partial charge >= 0.3 is 12.8 Å². The Morgan fingerprint density at radius 2 is 1.75 bits per heavy atom. The third-order valence-electron chi connectivity index (χ3n) is 6.28. The molecule has 0 aliphatic heterocycles. The summed E-state index contributed by atoms with van der Waals surface area (Å²) in [7, 11) is -4.00. The molecule has 44 heavy (non-hydrogen) atoms. The minimum atomic E-state index is -4.58. The number of hydrogen-bond donors (Lipinski definition) is 2. The van der Waals surface area contributed by atoms with Gasteiger partial charge in [-0.1, -0.05) is 12.1 Å². The molecule has 0 saturated carbocycles. The van der Waals surface area contributed by atoms with Crippen molar-refractivity contribution in [1.29, 1.82) is 0 Å². The molecule has 0 amide bonds. The van der Waals surface area contributed by atoms with Crippen molar-refractivity contribution in [2.24, 2.45) is 0 Å². The fourth-order valence-electron chi connectivity index (χ4n) is 4.23. The minimum absolute atomic E-state index is 0.0254. The number of nitrogens with one attached hydrogen (secondary N) is 2. The van der Waals surface area contributed by atoms with Crippen LogP contribution in [0.2, 0.25) is 0 Å². The van der Waals surface area contributed by atoms with Gasteiger partial charge in [-0.2, -0.15) is 32.0 Å². The third kappa shape index (κ3) is 7.16. The van der Waals surface area contributed by atoms with Crippen LogP contribution in [0, 0.1) is 0 Å². The van der Waals surface area contributed by atoms with Crippen LogP contribution in [0.3, 0.4) is 0 Å². The van der Waals surface area contributed by atoms with E-state index in [1.165, 1.54) is 24.5 Å². The van der Waals surface area contributed by atoms with Crippen LogP contribution in [-0.2, 0) is 9.84 Å². The van der Waals surface area contributed by atoms with E-state index in [1.54, 1.807) is 11.0 Å². The predicted octanol–water partition coefficient (Wildman–Crippen LogP) is 5.42. The Balaban J connectivity index is 1.49. The van der Waals surface area contributed by atoms with Gasteiger partial charge in [-0.15, -0.1) is 0 Å². The monoisotopic (exact) mass is 634 g/mol. The highest BCUT2D eigenvalue weighted by molar-refractivity contribution is 7.90. The Labute approximate surface area is 247 Å². The molecule has 11 nitrogen and oxygen atoms in total. The van der Waals surface area contributed by atoms with Crippen LogP contribution in [0.15, 0.2) is 72.1 Å². The first-order valence-electron chi connectivity index (χ1n) is 12.8. The van der Waals surface area contributed by atoms with E-state index < -0.39 is 39.8 Å². The van der Waals surface area contributed by atoms with E-state index >= 15 is 0 Å². The number of pyridine rings is 1. The van der Waals surface area contributed by atoms with Crippen molar-refractivity contribution in [2.75, 3.05) is 23.4 Å². The Morgan fingerprint density at radius 1 is 1.00 bits per heavy atom. The maximum atomic E-state index is 13.2. The van der Waals surface area contributed by atoms with Crippen molar-refractivity contribution >= 4 is 32.6 Å². The lowest BCUT2D eigenvalue weighted by Crippen LogP contribution is -2.22. The molecule has 0 fully saturated rings. The van der Waals surface area contributed by atoms with Gasteiger partial charge in [0.15, 0.2) is 15.7 Å². The van der Waals surface area contributed by atoms with E-state index in [4.69, 9.17) is 0 Å². The second-order valence-electron chi connectivity index (χ2n) is 9.54. The van der Waals surface area contributed by atoms with Gasteiger partial charge in [0.1, 0.15) is 35.4 Å². The summed E-state index contributed by atoms with van der Waals surface area (Å²) in [5.74, 6) is -0.760. The number of anilines is 2. The molecule has 17 heteroatoms. The summed E-state index contributed by atoms with van der Waals surface area (Å²) < 4.78 is 95.6. The molecule has 1 atom stereocenters. The van der Waals surface area contributed by atoms with Crippen molar-refractivity contribution in [3.05, 3.63) is 72.8 Å². The molecule has 0 bridgehead atoms. The number of nitrogens with zero attached hydrogens (tertiary/aromatic N) is 6. The van der Waals surface area contributed by atoms with E-state index in [1.807, 2.05) is 31.2 Å². The van der Waals surface area contributed by atoms with E-state index in [2.05, 4.69) is 40.4 Å². The van der Waals surface area contributed by atoms with Crippen LogP contribution in [0.25, 0.3) is 28.0 Å². The number of halogens is 5. The molecule has 3 heterocycles.